The predicted molar refractivity (Wildman–Crippen MR) is 118 cm³/mol. The summed E-state index contributed by atoms with van der Waals surface area (Å²) in [5.41, 5.74) is 4.97. The third kappa shape index (κ3) is 3.68. The number of aryl methyl sites for hydroxylation is 4. The molecule has 0 radical (unpaired) electrons. The summed E-state index contributed by atoms with van der Waals surface area (Å²) in [4.78, 5) is 0.136. The van der Waals surface area contributed by atoms with Gasteiger partial charge in [0.2, 0.25) is 0 Å². The SMILES string of the molecule is Cc1cccc(CN(c2cc(C)cc(C)c2)S(=O)(=O)c2cccn3c(C)nnc23)c1. The molecule has 0 amide bonds. The molecule has 7 heteroatoms. The molecule has 2 heterocycles. The van der Waals surface area contributed by atoms with Crippen LogP contribution in [0.15, 0.2) is 65.7 Å². The summed E-state index contributed by atoms with van der Waals surface area (Å²) in [6, 6.07) is 17.0. The standard InChI is InChI=1S/C23H24N4O2S/c1-16-7-5-8-20(12-16)15-27(21-13-17(2)11-18(3)14-21)30(28,29)22-9-6-10-26-19(4)24-25-23(22)26/h5-14H,15H2,1-4H3. The number of rotatable bonds is 5. The molecule has 0 saturated heterocycles. The van der Waals surface area contributed by atoms with Gasteiger partial charge < -0.3 is 0 Å². The third-order valence-electron chi connectivity index (χ3n) is 5.04. The van der Waals surface area contributed by atoms with Crippen molar-refractivity contribution in [2.75, 3.05) is 4.31 Å². The van der Waals surface area contributed by atoms with Crippen LogP contribution < -0.4 is 4.31 Å². The maximum Gasteiger partial charge on any atom is 0.268 e. The first-order chi connectivity index (χ1) is 14.3. The smallest absolute Gasteiger partial charge is 0.268 e. The molecule has 0 unspecified atom stereocenters. The Labute approximate surface area is 176 Å². The lowest BCUT2D eigenvalue weighted by Gasteiger charge is -2.26. The maximum absolute atomic E-state index is 13.9. The topological polar surface area (TPSA) is 67.6 Å². The van der Waals surface area contributed by atoms with Gasteiger partial charge >= 0.3 is 0 Å². The third-order valence-corrected chi connectivity index (χ3v) is 6.84. The van der Waals surface area contributed by atoms with Crippen molar-refractivity contribution in [3.63, 3.8) is 0 Å². The van der Waals surface area contributed by atoms with Crippen molar-refractivity contribution in [3.05, 3.63) is 88.9 Å². The van der Waals surface area contributed by atoms with Crippen LogP contribution in [0.2, 0.25) is 0 Å². The lowest BCUT2D eigenvalue weighted by Crippen LogP contribution is -2.31. The quantitative estimate of drug-likeness (QED) is 0.481. The molecule has 4 aromatic rings. The Balaban J connectivity index is 1.91. The van der Waals surface area contributed by atoms with Crippen LogP contribution in [0.3, 0.4) is 0 Å². The molecule has 0 bridgehead atoms. The first-order valence-electron chi connectivity index (χ1n) is 9.72. The van der Waals surface area contributed by atoms with Crippen LogP contribution >= 0.6 is 0 Å². The van der Waals surface area contributed by atoms with E-state index in [9.17, 15) is 8.42 Å². The van der Waals surface area contributed by atoms with Gasteiger partial charge in [0.25, 0.3) is 10.0 Å². The molecule has 0 atom stereocenters. The van der Waals surface area contributed by atoms with Gasteiger partial charge in [-0.15, -0.1) is 10.2 Å². The van der Waals surface area contributed by atoms with E-state index in [2.05, 4.69) is 10.2 Å². The second kappa shape index (κ2) is 7.57. The maximum atomic E-state index is 13.9. The Morgan fingerprint density at radius 3 is 2.30 bits per heavy atom. The van der Waals surface area contributed by atoms with Gasteiger partial charge in [-0.25, -0.2) is 8.42 Å². The van der Waals surface area contributed by atoms with Gasteiger partial charge in [0.05, 0.1) is 12.2 Å². The fourth-order valence-electron chi connectivity index (χ4n) is 3.71. The van der Waals surface area contributed by atoms with Crippen molar-refractivity contribution in [1.82, 2.24) is 14.6 Å². The van der Waals surface area contributed by atoms with Crippen molar-refractivity contribution in [1.29, 1.82) is 0 Å². The van der Waals surface area contributed by atoms with E-state index >= 15 is 0 Å². The molecule has 6 nitrogen and oxygen atoms in total. The second-order valence-corrected chi connectivity index (χ2v) is 9.49. The van der Waals surface area contributed by atoms with E-state index in [4.69, 9.17) is 0 Å². The van der Waals surface area contributed by atoms with E-state index in [0.29, 0.717) is 17.2 Å². The van der Waals surface area contributed by atoms with Crippen molar-refractivity contribution in [2.24, 2.45) is 0 Å². The molecule has 0 aliphatic carbocycles. The van der Waals surface area contributed by atoms with Crippen LogP contribution in [0.5, 0.6) is 0 Å². The van der Waals surface area contributed by atoms with Crippen molar-refractivity contribution in [3.8, 4) is 0 Å². The number of nitrogens with zero attached hydrogens (tertiary/aromatic N) is 4. The number of sulfonamides is 1. The monoisotopic (exact) mass is 420 g/mol. The molecule has 0 aliphatic rings. The van der Waals surface area contributed by atoms with Crippen LogP contribution in [0.1, 0.15) is 28.1 Å². The number of fused-ring (bicyclic) bond motifs is 1. The number of hydrogen-bond donors (Lipinski definition) is 0. The Hall–Kier alpha value is -3.19. The second-order valence-electron chi connectivity index (χ2n) is 7.66. The molecular formula is C23H24N4O2S. The van der Waals surface area contributed by atoms with Crippen molar-refractivity contribution < 1.29 is 8.42 Å². The number of hydrogen-bond acceptors (Lipinski definition) is 4. The molecular weight excluding hydrogens is 396 g/mol. The minimum absolute atomic E-state index is 0.136. The van der Waals surface area contributed by atoms with Crippen LogP contribution in [0.4, 0.5) is 5.69 Å². The van der Waals surface area contributed by atoms with E-state index in [0.717, 1.165) is 22.3 Å². The van der Waals surface area contributed by atoms with E-state index in [1.54, 1.807) is 29.7 Å². The molecule has 2 aromatic heterocycles. The zero-order chi connectivity index (χ0) is 21.5. The number of benzene rings is 2. The normalized spacial score (nSPS) is 11.7. The van der Waals surface area contributed by atoms with Gasteiger partial charge in [0.15, 0.2) is 5.65 Å². The summed E-state index contributed by atoms with van der Waals surface area (Å²) in [7, 11) is -3.90. The first kappa shape index (κ1) is 20.1. The van der Waals surface area contributed by atoms with Gasteiger partial charge in [0, 0.05) is 6.20 Å². The highest BCUT2D eigenvalue weighted by atomic mass is 32.2. The van der Waals surface area contributed by atoms with Gasteiger partial charge in [-0.05, 0) is 68.7 Å². The first-order valence-corrected chi connectivity index (χ1v) is 11.2. The van der Waals surface area contributed by atoms with E-state index < -0.39 is 10.0 Å². The van der Waals surface area contributed by atoms with Crippen LogP contribution in [-0.4, -0.2) is 23.0 Å². The van der Waals surface area contributed by atoms with E-state index in [1.165, 1.54) is 4.31 Å². The molecule has 154 valence electrons. The van der Waals surface area contributed by atoms with Crippen LogP contribution in [0, 0.1) is 27.7 Å². The summed E-state index contributed by atoms with van der Waals surface area (Å²) < 4.78 is 31.0. The van der Waals surface area contributed by atoms with Gasteiger partial charge in [-0.3, -0.25) is 8.71 Å². The lowest BCUT2D eigenvalue weighted by molar-refractivity contribution is 0.590. The number of aromatic nitrogens is 3. The zero-order valence-corrected chi connectivity index (χ0v) is 18.3. The van der Waals surface area contributed by atoms with E-state index in [1.807, 2.05) is 63.2 Å². The predicted octanol–water partition coefficient (Wildman–Crippen LogP) is 4.36. The van der Waals surface area contributed by atoms with Crippen LogP contribution in [0.25, 0.3) is 5.65 Å². The highest BCUT2D eigenvalue weighted by Crippen LogP contribution is 2.29. The molecule has 0 spiro atoms. The average Bonchev–Trinajstić information content (AvgIpc) is 3.06. The molecule has 2 aromatic carbocycles. The summed E-state index contributed by atoms with van der Waals surface area (Å²) >= 11 is 0. The van der Waals surface area contributed by atoms with Crippen molar-refractivity contribution >= 4 is 21.4 Å². The lowest BCUT2D eigenvalue weighted by atomic mass is 10.1. The molecule has 0 fully saturated rings. The van der Waals surface area contributed by atoms with Gasteiger partial charge in [0.1, 0.15) is 10.7 Å². The average molecular weight is 421 g/mol. The van der Waals surface area contributed by atoms with E-state index in [-0.39, 0.29) is 11.4 Å². The summed E-state index contributed by atoms with van der Waals surface area (Å²) in [6.07, 6.45) is 1.77. The number of pyridine rings is 1. The van der Waals surface area contributed by atoms with Crippen LogP contribution in [-0.2, 0) is 16.6 Å². The van der Waals surface area contributed by atoms with Gasteiger partial charge in [-0.2, -0.15) is 0 Å². The minimum Gasteiger partial charge on any atom is -0.286 e. The fourth-order valence-corrected chi connectivity index (χ4v) is 5.27. The Kier molecular flexibility index (Phi) is 5.07. The Morgan fingerprint density at radius 2 is 1.60 bits per heavy atom. The molecule has 0 saturated carbocycles. The van der Waals surface area contributed by atoms with Crippen molar-refractivity contribution in [2.45, 2.75) is 39.1 Å². The highest BCUT2D eigenvalue weighted by molar-refractivity contribution is 7.93. The molecule has 0 aliphatic heterocycles. The molecule has 30 heavy (non-hydrogen) atoms. The molecule has 0 N–H and O–H groups in total. The Morgan fingerprint density at radius 1 is 0.867 bits per heavy atom. The summed E-state index contributed by atoms with van der Waals surface area (Å²) in [6.45, 7) is 7.96. The molecule has 4 rings (SSSR count). The summed E-state index contributed by atoms with van der Waals surface area (Å²) in [5.74, 6) is 0.638. The fraction of sp³-hybridized carbons (Fsp3) is 0.217. The highest BCUT2D eigenvalue weighted by Gasteiger charge is 2.29. The number of anilines is 1. The Bertz CT molecular complexity index is 1320. The largest absolute Gasteiger partial charge is 0.286 e. The zero-order valence-electron chi connectivity index (χ0n) is 17.5. The van der Waals surface area contributed by atoms with Gasteiger partial charge in [-0.1, -0.05) is 35.9 Å². The minimum atomic E-state index is -3.90. The summed E-state index contributed by atoms with van der Waals surface area (Å²) in [5, 5.41) is 8.18.